The summed E-state index contributed by atoms with van der Waals surface area (Å²) in [5, 5.41) is 8.40. The van der Waals surface area contributed by atoms with Crippen molar-refractivity contribution in [3.05, 3.63) is 74.8 Å². The molecular weight excluding hydrogens is 430 g/mol. The Morgan fingerprint density at radius 2 is 1.91 bits per heavy atom. The maximum atomic E-state index is 13.4. The van der Waals surface area contributed by atoms with Crippen LogP contribution in [0.5, 0.6) is 5.75 Å². The number of ether oxygens (including phenoxy) is 1. The number of rotatable bonds is 6. The number of nitrogens with one attached hydrogen (secondary N) is 2. The van der Waals surface area contributed by atoms with E-state index in [4.69, 9.17) is 14.8 Å². The van der Waals surface area contributed by atoms with Crippen molar-refractivity contribution in [2.75, 3.05) is 7.11 Å². The summed E-state index contributed by atoms with van der Waals surface area (Å²) in [7, 11) is 1.62. The number of nitrogens with zero attached hydrogens (tertiary/aromatic N) is 3. The highest BCUT2D eigenvalue weighted by molar-refractivity contribution is 6.07. The molecule has 1 saturated carbocycles. The molecule has 0 saturated heterocycles. The van der Waals surface area contributed by atoms with Gasteiger partial charge in [0.25, 0.3) is 11.5 Å². The predicted octanol–water partition coefficient (Wildman–Crippen LogP) is 3.99. The van der Waals surface area contributed by atoms with Crippen molar-refractivity contribution < 1.29 is 9.53 Å². The van der Waals surface area contributed by atoms with E-state index in [1.807, 2.05) is 55.8 Å². The van der Waals surface area contributed by atoms with Gasteiger partial charge in [-0.3, -0.25) is 9.59 Å². The van der Waals surface area contributed by atoms with Gasteiger partial charge in [0.05, 0.1) is 35.5 Å². The fourth-order valence-electron chi connectivity index (χ4n) is 4.34. The number of aromatic nitrogens is 4. The molecule has 8 nitrogen and oxygen atoms in total. The van der Waals surface area contributed by atoms with Crippen LogP contribution in [0.2, 0.25) is 0 Å². The molecule has 0 atom stereocenters. The lowest BCUT2D eigenvalue weighted by atomic mass is 10.0. The van der Waals surface area contributed by atoms with Crippen molar-refractivity contribution in [1.29, 1.82) is 0 Å². The molecule has 5 rings (SSSR count). The summed E-state index contributed by atoms with van der Waals surface area (Å²) in [6, 6.07) is 11.6. The number of fused-ring (bicyclic) bond motifs is 1. The van der Waals surface area contributed by atoms with Gasteiger partial charge in [-0.2, -0.15) is 5.10 Å². The summed E-state index contributed by atoms with van der Waals surface area (Å²) in [4.78, 5) is 33.6. The monoisotopic (exact) mass is 457 g/mol. The Morgan fingerprint density at radius 1 is 1.18 bits per heavy atom. The average molecular weight is 458 g/mol. The van der Waals surface area contributed by atoms with E-state index >= 15 is 0 Å². The number of pyridine rings is 2. The third-order valence-electron chi connectivity index (χ3n) is 6.28. The number of carbonyl (C=O) groups is 1. The smallest absolute Gasteiger partial charge is 0.253 e. The zero-order valence-corrected chi connectivity index (χ0v) is 19.7. The first-order valence-corrected chi connectivity index (χ1v) is 11.4. The number of hydrogen-bond donors (Lipinski definition) is 2. The molecule has 0 bridgehead atoms. The van der Waals surface area contributed by atoms with E-state index in [0.717, 1.165) is 46.5 Å². The second-order valence-corrected chi connectivity index (χ2v) is 8.87. The molecule has 0 radical (unpaired) electrons. The molecule has 34 heavy (non-hydrogen) atoms. The van der Waals surface area contributed by atoms with Crippen LogP contribution < -0.4 is 15.6 Å². The lowest BCUT2D eigenvalue weighted by Gasteiger charge is -2.11. The largest absolute Gasteiger partial charge is 0.497 e. The van der Waals surface area contributed by atoms with Crippen LogP contribution in [0.4, 0.5) is 0 Å². The third kappa shape index (κ3) is 3.96. The summed E-state index contributed by atoms with van der Waals surface area (Å²) >= 11 is 0. The molecule has 1 aliphatic rings. The first-order chi connectivity index (χ1) is 16.4. The van der Waals surface area contributed by atoms with Crippen molar-refractivity contribution in [3.63, 3.8) is 0 Å². The molecule has 2 N–H and O–H groups in total. The van der Waals surface area contributed by atoms with E-state index in [9.17, 15) is 9.59 Å². The van der Waals surface area contributed by atoms with Crippen LogP contribution in [0, 0.1) is 20.8 Å². The minimum atomic E-state index is -0.264. The molecule has 3 heterocycles. The first kappa shape index (κ1) is 21.9. The topological polar surface area (TPSA) is 102 Å². The molecule has 1 amide bonds. The third-order valence-corrected chi connectivity index (χ3v) is 6.28. The normalized spacial score (nSPS) is 13.3. The van der Waals surface area contributed by atoms with Crippen LogP contribution in [-0.4, -0.2) is 32.8 Å². The van der Waals surface area contributed by atoms with E-state index in [1.165, 1.54) is 0 Å². The molecule has 8 heteroatoms. The second kappa shape index (κ2) is 8.44. The van der Waals surface area contributed by atoms with Gasteiger partial charge in [0.2, 0.25) is 0 Å². The number of hydrogen-bond acceptors (Lipinski definition) is 5. The lowest BCUT2D eigenvalue weighted by Crippen LogP contribution is -2.28. The first-order valence-electron chi connectivity index (χ1n) is 11.4. The molecule has 0 aliphatic heterocycles. The highest BCUT2D eigenvalue weighted by Crippen LogP contribution is 2.38. The van der Waals surface area contributed by atoms with Crippen LogP contribution in [0.15, 0.2) is 41.2 Å². The molecule has 174 valence electrons. The summed E-state index contributed by atoms with van der Waals surface area (Å²) < 4.78 is 7.22. The molecule has 1 fully saturated rings. The Kier molecular flexibility index (Phi) is 5.43. The van der Waals surface area contributed by atoms with Gasteiger partial charge >= 0.3 is 0 Å². The van der Waals surface area contributed by atoms with E-state index in [2.05, 4.69) is 10.3 Å². The number of benzene rings is 1. The van der Waals surface area contributed by atoms with Crippen LogP contribution in [-0.2, 0) is 6.54 Å². The quantitative estimate of drug-likeness (QED) is 0.456. The Labute approximate surface area is 197 Å². The van der Waals surface area contributed by atoms with E-state index in [1.54, 1.807) is 13.2 Å². The Hall–Kier alpha value is -3.94. The average Bonchev–Trinajstić information content (AvgIpc) is 3.61. The molecule has 0 spiro atoms. The van der Waals surface area contributed by atoms with Crippen molar-refractivity contribution in [2.45, 2.75) is 46.2 Å². The molecule has 1 aliphatic carbocycles. The zero-order valence-electron chi connectivity index (χ0n) is 19.7. The Bertz CT molecular complexity index is 1460. The van der Waals surface area contributed by atoms with Gasteiger partial charge in [-0.25, -0.2) is 9.67 Å². The number of carbonyl (C=O) groups excluding carboxylic acids is 1. The van der Waals surface area contributed by atoms with Crippen molar-refractivity contribution in [2.24, 2.45) is 0 Å². The second-order valence-electron chi connectivity index (χ2n) is 8.87. The van der Waals surface area contributed by atoms with E-state index in [-0.39, 0.29) is 18.0 Å². The van der Waals surface area contributed by atoms with Crippen LogP contribution in [0.1, 0.15) is 51.8 Å². The summed E-state index contributed by atoms with van der Waals surface area (Å²) in [5.41, 5.74) is 5.54. The van der Waals surface area contributed by atoms with E-state index in [0.29, 0.717) is 28.5 Å². The fraction of sp³-hybridized carbons (Fsp3) is 0.308. The SMILES string of the molecule is COc1ccc(-c2cc(C(=O)NCc3c(C)cc(C)[nH]c3=O)c3c(C)nn(C4CC4)c3n2)cc1. The van der Waals surface area contributed by atoms with Gasteiger partial charge in [0.1, 0.15) is 5.75 Å². The van der Waals surface area contributed by atoms with Gasteiger partial charge in [0, 0.05) is 23.4 Å². The summed E-state index contributed by atoms with van der Waals surface area (Å²) in [6.45, 7) is 5.75. The number of H-pyrrole nitrogens is 1. The van der Waals surface area contributed by atoms with Gasteiger partial charge in [0.15, 0.2) is 5.65 Å². The van der Waals surface area contributed by atoms with Gasteiger partial charge in [-0.15, -0.1) is 0 Å². The fourth-order valence-corrected chi connectivity index (χ4v) is 4.34. The maximum absolute atomic E-state index is 13.4. The van der Waals surface area contributed by atoms with Crippen LogP contribution in [0.3, 0.4) is 0 Å². The Morgan fingerprint density at radius 3 is 2.56 bits per heavy atom. The lowest BCUT2D eigenvalue weighted by molar-refractivity contribution is 0.0952. The molecular formula is C26H27N5O3. The molecule has 4 aromatic rings. The standard InChI is InChI=1S/C26H27N5O3/c1-14-11-15(2)28-26(33)21(14)13-27-25(32)20-12-22(17-5-9-19(34-4)10-6-17)29-24-23(20)16(3)30-31(24)18-7-8-18/h5-6,9-12,18H,7-8,13H2,1-4H3,(H,27,32)(H,28,33). The molecule has 0 unspecified atom stereocenters. The maximum Gasteiger partial charge on any atom is 0.253 e. The van der Waals surface area contributed by atoms with Crippen molar-refractivity contribution >= 4 is 16.9 Å². The molecule has 1 aromatic carbocycles. The van der Waals surface area contributed by atoms with Gasteiger partial charge in [-0.05, 0) is 75.6 Å². The number of aryl methyl sites for hydroxylation is 3. The number of aromatic amines is 1. The summed E-state index contributed by atoms with van der Waals surface area (Å²) in [5.74, 6) is 0.486. The zero-order chi connectivity index (χ0) is 24.0. The highest BCUT2D eigenvalue weighted by atomic mass is 16.5. The number of amides is 1. The van der Waals surface area contributed by atoms with Crippen molar-refractivity contribution in [3.8, 4) is 17.0 Å². The van der Waals surface area contributed by atoms with Gasteiger partial charge in [-0.1, -0.05) is 0 Å². The number of methoxy groups -OCH3 is 1. The van der Waals surface area contributed by atoms with Crippen LogP contribution in [0.25, 0.3) is 22.3 Å². The molecule has 3 aromatic heterocycles. The van der Waals surface area contributed by atoms with Gasteiger partial charge < -0.3 is 15.0 Å². The Balaban J connectivity index is 1.57. The minimum absolute atomic E-state index is 0.137. The summed E-state index contributed by atoms with van der Waals surface area (Å²) in [6.07, 6.45) is 2.11. The van der Waals surface area contributed by atoms with Crippen molar-refractivity contribution in [1.82, 2.24) is 25.1 Å². The minimum Gasteiger partial charge on any atom is -0.497 e. The highest BCUT2D eigenvalue weighted by Gasteiger charge is 2.29. The van der Waals surface area contributed by atoms with Crippen LogP contribution >= 0.6 is 0 Å². The van der Waals surface area contributed by atoms with E-state index < -0.39 is 0 Å². The predicted molar refractivity (Wildman–Crippen MR) is 130 cm³/mol.